The van der Waals surface area contributed by atoms with Crippen LogP contribution in [0.1, 0.15) is 35.6 Å². The molecule has 0 saturated carbocycles. The maximum Gasteiger partial charge on any atom is 0.251 e. The summed E-state index contributed by atoms with van der Waals surface area (Å²) in [6, 6.07) is 16.8. The molecule has 150 valence electrons. The van der Waals surface area contributed by atoms with E-state index in [0.29, 0.717) is 23.8 Å². The lowest BCUT2D eigenvalue weighted by molar-refractivity contribution is -0.114. The van der Waals surface area contributed by atoms with Gasteiger partial charge >= 0.3 is 0 Å². The largest absolute Gasteiger partial charge is 0.326 e. The van der Waals surface area contributed by atoms with E-state index in [9.17, 15) is 9.59 Å². The first-order chi connectivity index (χ1) is 13.9. The predicted molar refractivity (Wildman–Crippen MR) is 115 cm³/mol. The Balaban J connectivity index is 1.76. The summed E-state index contributed by atoms with van der Waals surface area (Å²) in [5, 5.41) is 6.97. The van der Waals surface area contributed by atoms with Gasteiger partial charge in [-0.05, 0) is 42.3 Å². The Hall–Kier alpha value is -2.96. The van der Waals surface area contributed by atoms with Gasteiger partial charge in [0.1, 0.15) is 5.82 Å². The Morgan fingerprint density at radius 2 is 1.83 bits per heavy atom. The Morgan fingerprint density at radius 3 is 2.45 bits per heavy atom. The molecule has 0 unspecified atom stereocenters. The molecule has 7 heteroatoms. The van der Waals surface area contributed by atoms with Gasteiger partial charge in [0.25, 0.3) is 5.56 Å². The Morgan fingerprint density at radius 1 is 1.14 bits per heavy atom. The molecule has 1 aromatic heterocycles. The molecule has 0 aliphatic rings. The summed E-state index contributed by atoms with van der Waals surface area (Å²) in [5.74, 6) is 0.496. The van der Waals surface area contributed by atoms with E-state index in [1.807, 2.05) is 48.5 Å². The number of amides is 1. The zero-order valence-corrected chi connectivity index (χ0v) is 17.1. The number of aromatic amines is 1. The summed E-state index contributed by atoms with van der Waals surface area (Å²) in [7, 11) is 0. The quantitative estimate of drug-likeness (QED) is 0.553. The van der Waals surface area contributed by atoms with Gasteiger partial charge in [0, 0.05) is 48.4 Å². The van der Waals surface area contributed by atoms with Crippen LogP contribution in [-0.2, 0) is 17.8 Å². The number of H-pyrrole nitrogens is 1. The summed E-state index contributed by atoms with van der Waals surface area (Å²) < 4.78 is 0. The first-order valence-electron chi connectivity index (χ1n) is 9.31. The number of rotatable bonds is 7. The molecule has 1 amide bonds. The number of aromatic nitrogens is 2. The normalized spacial score (nSPS) is 11.8. The molecule has 29 heavy (non-hydrogen) atoms. The molecule has 0 saturated heterocycles. The van der Waals surface area contributed by atoms with Crippen LogP contribution >= 0.6 is 11.6 Å². The van der Waals surface area contributed by atoms with Crippen molar-refractivity contribution in [2.75, 3.05) is 5.32 Å². The summed E-state index contributed by atoms with van der Waals surface area (Å²) >= 11 is 6.03. The van der Waals surface area contributed by atoms with Crippen LogP contribution in [0.25, 0.3) is 0 Å². The van der Waals surface area contributed by atoms with E-state index < -0.39 is 0 Å². The van der Waals surface area contributed by atoms with Crippen molar-refractivity contribution in [1.29, 1.82) is 0 Å². The van der Waals surface area contributed by atoms with Crippen LogP contribution in [0, 0.1) is 6.92 Å². The third kappa shape index (κ3) is 6.27. The molecule has 1 atom stereocenters. The average Bonchev–Trinajstić information content (AvgIpc) is 2.66. The maximum atomic E-state index is 11.8. The van der Waals surface area contributed by atoms with Crippen LogP contribution in [0.2, 0.25) is 5.02 Å². The van der Waals surface area contributed by atoms with E-state index in [0.717, 1.165) is 22.5 Å². The van der Waals surface area contributed by atoms with Crippen molar-refractivity contribution in [2.24, 2.45) is 0 Å². The first kappa shape index (κ1) is 20.8. The lowest BCUT2D eigenvalue weighted by Gasteiger charge is -2.19. The van der Waals surface area contributed by atoms with E-state index in [1.165, 1.54) is 13.0 Å². The number of benzene rings is 2. The topological polar surface area (TPSA) is 86.9 Å². The second-order valence-corrected chi connectivity index (χ2v) is 7.33. The number of anilines is 1. The molecule has 0 spiro atoms. The molecule has 0 fully saturated rings. The second kappa shape index (κ2) is 9.49. The lowest BCUT2D eigenvalue weighted by Crippen LogP contribution is -2.24. The molecule has 3 rings (SSSR count). The van der Waals surface area contributed by atoms with Gasteiger partial charge in [0.05, 0.1) is 0 Å². The van der Waals surface area contributed by atoms with E-state index in [4.69, 9.17) is 11.6 Å². The minimum Gasteiger partial charge on any atom is -0.326 e. The fourth-order valence-electron chi connectivity index (χ4n) is 3.11. The van der Waals surface area contributed by atoms with Gasteiger partial charge in [-0.3, -0.25) is 9.59 Å². The zero-order chi connectivity index (χ0) is 20.8. The molecule has 0 bridgehead atoms. The van der Waals surface area contributed by atoms with Gasteiger partial charge in [-0.15, -0.1) is 0 Å². The number of halogens is 1. The minimum atomic E-state index is -0.157. The van der Waals surface area contributed by atoms with Gasteiger partial charge in [-0.2, -0.15) is 0 Å². The molecule has 0 radical (unpaired) electrons. The molecule has 2 aromatic carbocycles. The highest BCUT2D eigenvalue weighted by Gasteiger charge is 2.14. The van der Waals surface area contributed by atoms with Crippen LogP contribution in [0.15, 0.2) is 59.4 Å². The van der Waals surface area contributed by atoms with Gasteiger partial charge in [-0.25, -0.2) is 4.98 Å². The van der Waals surface area contributed by atoms with Gasteiger partial charge < -0.3 is 15.6 Å². The number of carbonyl (C=O) groups is 1. The summed E-state index contributed by atoms with van der Waals surface area (Å²) in [4.78, 5) is 30.1. The highest BCUT2D eigenvalue weighted by atomic mass is 35.5. The smallest absolute Gasteiger partial charge is 0.251 e. The highest BCUT2D eigenvalue weighted by molar-refractivity contribution is 6.30. The molecule has 0 aliphatic heterocycles. The SMILES string of the molecule is CC(=O)Nc1ccc(CN[C@H](Cc2cc(=O)[nH]c(C)n2)c2ccc(Cl)cc2)cc1. The molecular weight excluding hydrogens is 388 g/mol. The van der Waals surface area contributed by atoms with Crippen molar-refractivity contribution in [3.05, 3.63) is 92.6 Å². The maximum absolute atomic E-state index is 11.8. The predicted octanol–water partition coefficient (Wildman–Crippen LogP) is 3.76. The minimum absolute atomic E-state index is 0.0454. The van der Waals surface area contributed by atoms with Crippen LogP contribution in [-0.4, -0.2) is 15.9 Å². The Kier molecular flexibility index (Phi) is 6.80. The average molecular weight is 411 g/mol. The molecular formula is C22H23ClN4O2. The van der Waals surface area contributed by atoms with Crippen LogP contribution in [0.3, 0.4) is 0 Å². The number of hydrogen-bond acceptors (Lipinski definition) is 4. The van der Waals surface area contributed by atoms with Gasteiger partial charge in [0.15, 0.2) is 0 Å². The Labute approximate surface area is 174 Å². The number of hydrogen-bond donors (Lipinski definition) is 3. The van der Waals surface area contributed by atoms with Crippen molar-refractivity contribution in [3.8, 4) is 0 Å². The van der Waals surface area contributed by atoms with Crippen molar-refractivity contribution >= 4 is 23.2 Å². The fraction of sp³-hybridized carbons (Fsp3) is 0.227. The van der Waals surface area contributed by atoms with Gasteiger partial charge in [-0.1, -0.05) is 35.9 Å². The fourth-order valence-corrected chi connectivity index (χ4v) is 3.23. The Bertz CT molecular complexity index is 1030. The van der Waals surface area contributed by atoms with E-state index in [-0.39, 0.29) is 17.5 Å². The second-order valence-electron chi connectivity index (χ2n) is 6.89. The molecule has 3 N–H and O–H groups in total. The van der Waals surface area contributed by atoms with Crippen LogP contribution in [0.4, 0.5) is 5.69 Å². The van der Waals surface area contributed by atoms with Gasteiger partial charge in [0.2, 0.25) is 5.91 Å². The number of nitrogens with one attached hydrogen (secondary N) is 3. The van der Waals surface area contributed by atoms with Crippen molar-refractivity contribution in [1.82, 2.24) is 15.3 Å². The monoisotopic (exact) mass is 410 g/mol. The highest BCUT2D eigenvalue weighted by Crippen LogP contribution is 2.21. The number of carbonyl (C=O) groups excluding carboxylic acids is 1. The van der Waals surface area contributed by atoms with E-state index in [2.05, 4.69) is 20.6 Å². The standard InChI is InChI=1S/C22H23ClN4O2/c1-14-25-20(12-22(29)26-14)11-21(17-5-7-18(23)8-6-17)24-13-16-3-9-19(10-4-16)27-15(2)28/h3-10,12,21,24H,11,13H2,1-2H3,(H,27,28)(H,25,26,29)/t21-/m1/s1. The first-order valence-corrected chi connectivity index (χ1v) is 9.69. The van der Waals surface area contributed by atoms with E-state index >= 15 is 0 Å². The number of nitrogens with zero attached hydrogens (tertiary/aromatic N) is 1. The third-order valence-corrected chi connectivity index (χ3v) is 4.68. The van der Waals surface area contributed by atoms with Crippen molar-refractivity contribution in [3.63, 3.8) is 0 Å². The van der Waals surface area contributed by atoms with Crippen LogP contribution in [0.5, 0.6) is 0 Å². The molecule has 1 heterocycles. The van der Waals surface area contributed by atoms with E-state index in [1.54, 1.807) is 6.92 Å². The number of aryl methyl sites for hydroxylation is 1. The summed E-state index contributed by atoms with van der Waals surface area (Å²) in [6.45, 7) is 3.87. The molecule has 6 nitrogen and oxygen atoms in total. The molecule has 0 aliphatic carbocycles. The van der Waals surface area contributed by atoms with Crippen molar-refractivity contribution in [2.45, 2.75) is 32.9 Å². The molecule has 3 aromatic rings. The third-order valence-electron chi connectivity index (χ3n) is 4.43. The van der Waals surface area contributed by atoms with Crippen molar-refractivity contribution < 1.29 is 4.79 Å². The summed E-state index contributed by atoms with van der Waals surface area (Å²) in [5.41, 5.74) is 3.46. The van der Waals surface area contributed by atoms with Crippen LogP contribution < -0.4 is 16.2 Å². The lowest BCUT2D eigenvalue weighted by atomic mass is 10.0. The summed E-state index contributed by atoms with van der Waals surface area (Å²) in [6.07, 6.45) is 0.566. The zero-order valence-electron chi connectivity index (χ0n) is 16.3.